The van der Waals surface area contributed by atoms with Crippen molar-refractivity contribution < 1.29 is 0 Å². The molecule has 1 aromatic carbocycles. The molecule has 21 heavy (non-hydrogen) atoms. The second-order valence-corrected chi connectivity index (χ2v) is 6.16. The molecule has 1 rings (SSSR count). The molecule has 1 aromatic rings. The molecule has 0 unspecified atom stereocenters. The molecular formula is C17H27ClN2S. The molecule has 0 atom stereocenters. The molecule has 0 aromatic heterocycles. The lowest BCUT2D eigenvalue weighted by Crippen LogP contribution is -2.36. The molecule has 0 bridgehead atoms. The first-order valence-corrected chi connectivity index (χ1v) is 8.77. The quantitative estimate of drug-likeness (QED) is 0.461. The summed E-state index contributed by atoms with van der Waals surface area (Å²) < 4.78 is 0. The van der Waals surface area contributed by atoms with Crippen molar-refractivity contribution in [2.24, 2.45) is 0 Å². The van der Waals surface area contributed by atoms with Gasteiger partial charge in [-0.3, -0.25) is 0 Å². The Labute approximate surface area is 139 Å². The van der Waals surface area contributed by atoms with Crippen molar-refractivity contribution >= 4 is 34.6 Å². The van der Waals surface area contributed by atoms with Crippen molar-refractivity contribution in [1.82, 2.24) is 4.90 Å². The van der Waals surface area contributed by atoms with E-state index in [2.05, 4.69) is 24.1 Å². The van der Waals surface area contributed by atoms with E-state index in [1.165, 1.54) is 38.5 Å². The van der Waals surface area contributed by atoms with Gasteiger partial charge in [-0.05, 0) is 43.3 Å². The first kappa shape index (κ1) is 18.2. The molecule has 1 N–H and O–H groups in total. The molecular weight excluding hydrogens is 300 g/mol. The molecule has 0 spiro atoms. The van der Waals surface area contributed by atoms with Crippen molar-refractivity contribution in [3.05, 3.63) is 29.3 Å². The number of thiocarbonyl (C=S) groups is 1. The van der Waals surface area contributed by atoms with Gasteiger partial charge in [-0.1, -0.05) is 57.2 Å². The first-order chi connectivity index (χ1) is 10.2. The van der Waals surface area contributed by atoms with Crippen LogP contribution in [0.15, 0.2) is 24.3 Å². The van der Waals surface area contributed by atoms with Gasteiger partial charge in [0.2, 0.25) is 0 Å². The summed E-state index contributed by atoms with van der Waals surface area (Å²) in [6.45, 7) is 6.52. The summed E-state index contributed by atoms with van der Waals surface area (Å²) in [5.74, 6) is 0. The Morgan fingerprint density at radius 2 is 1.71 bits per heavy atom. The highest BCUT2D eigenvalue weighted by Crippen LogP contribution is 2.16. The standard InChI is InChI=1S/C17H27ClN2S/c1-3-5-7-12-20(13-8-6-4-2)17(21)19-16-11-9-10-15(18)14-16/h9-11,14H,3-8,12-13H2,1-2H3,(H,19,21). The molecule has 0 aliphatic heterocycles. The highest BCUT2D eigenvalue weighted by atomic mass is 35.5. The minimum absolute atomic E-state index is 0.728. The van der Waals surface area contributed by atoms with E-state index in [9.17, 15) is 0 Å². The molecule has 0 amide bonds. The predicted octanol–water partition coefficient (Wildman–Crippen LogP) is 5.72. The van der Waals surface area contributed by atoms with Gasteiger partial charge in [-0.15, -0.1) is 0 Å². The highest BCUT2D eigenvalue weighted by Gasteiger charge is 2.09. The number of hydrogen-bond donors (Lipinski definition) is 1. The van der Waals surface area contributed by atoms with Crippen LogP contribution in [0, 0.1) is 0 Å². The van der Waals surface area contributed by atoms with Crippen LogP contribution in [-0.4, -0.2) is 23.1 Å². The van der Waals surface area contributed by atoms with Gasteiger partial charge in [0.15, 0.2) is 5.11 Å². The topological polar surface area (TPSA) is 15.3 Å². The molecule has 0 saturated carbocycles. The SMILES string of the molecule is CCCCCN(CCCCC)C(=S)Nc1cccc(Cl)c1. The number of unbranched alkanes of at least 4 members (excludes halogenated alkanes) is 4. The lowest BCUT2D eigenvalue weighted by atomic mass is 10.2. The average molecular weight is 327 g/mol. The Hall–Kier alpha value is -0.800. The van der Waals surface area contributed by atoms with E-state index in [4.69, 9.17) is 23.8 Å². The minimum Gasteiger partial charge on any atom is -0.349 e. The van der Waals surface area contributed by atoms with Crippen LogP contribution in [0.3, 0.4) is 0 Å². The fourth-order valence-electron chi connectivity index (χ4n) is 2.19. The Balaban J connectivity index is 2.55. The summed E-state index contributed by atoms with van der Waals surface area (Å²) in [7, 11) is 0. The Morgan fingerprint density at radius 3 is 2.24 bits per heavy atom. The van der Waals surface area contributed by atoms with Gasteiger partial charge in [0.25, 0.3) is 0 Å². The molecule has 0 aliphatic carbocycles. The van der Waals surface area contributed by atoms with E-state index in [-0.39, 0.29) is 0 Å². The summed E-state index contributed by atoms with van der Waals surface area (Å²) in [6, 6.07) is 7.71. The van der Waals surface area contributed by atoms with Crippen LogP contribution in [0.2, 0.25) is 5.02 Å². The third-order valence-corrected chi connectivity index (χ3v) is 4.02. The monoisotopic (exact) mass is 326 g/mol. The third-order valence-electron chi connectivity index (χ3n) is 3.43. The van der Waals surface area contributed by atoms with Gasteiger partial charge in [-0.2, -0.15) is 0 Å². The fourth-order valence-corrected chi connectivity index (χ4v) is 2.68. The number of halogens is 1. The smallest absolute Gasteiger partial charge is 0.173 e. The summed E-state index contributed by atoms with van der Waals surface area (Å²) in [4.78, 5) is 2.29. The zero-order valence-corrected chi connectivity index (χ0v) is 14.8. The zero-order chi connectivity index (χ0) is 15.5. The largest absolute Gasteiger partial charge is 0.349 e. The molecule has 0 fully saturated rings. The molecule has 2 nitrogen and oxygen atoms in total. The number of anilines is 1. The maximum atomic E-state index is 6.02. The maximum absolute atomic E-state index is 6.02. The van der Waals surface area contributed by atoms with Gasteiger partial charge in [0.1, 0.15) is 0 Å². The van der Waals surface area contributed by atoms with E-state index >= 15 is 0 Å². The van der Waals surface area contributed by atoms with Crippen LogP contribution in [0.5, 0.6) is 0 Å². The second kappa shape index (κ2) is 10.9. The van der Waals surface area contributed by atoms with Gasteiger partial charge >= 0.3 is 0 Å². The predicted molar refractivity (Wildman–Crippen MR) is 98.3 cm³/mol. The van der Waals surface area contributed by atoms with E-state index in [0.29, 0.717) is 0 Å². The molecule has 118 valence electrons. The molecule has 4 heteroatoms. The van der Waals surface area contributed by atoms with E-state index in [1.54, 1.807) is 0 Å². The van der Waals surface area contributed by atoms with Crippen LogP contribution in [0.1, 0.15) is 52.4 Å². The van der Waals surface area contributed by atoms with Crippen molar-refractivity contribution in [3.63, 3.8) is 0 Å². The number of nitrogens with one attached hydrogen (secondary N) is 1. The van der Waals surface area contributed by atoms with Crippen molar-refractivity contribution in [1.29, 1.82) is 0 Å². The Morgan fingerprint density at radius 1 is 1.10 bits per heavy atom. The molecule has 0 radical (unpaired) electrons. The second-order valence-electron chi connectivity index (χ2n) is 5.34. The van der Waals surface area contributed by atoms with Crippen molar-refractivity contribution in [3.8, 4) is 0 Å². The number of rotatable bonds is 9. The van der Waals surface area contributed by atoms with Gasteiger partial charge in [0, 0.05) is 23.8 Å². The highest BCUT2D eigenvalue weighted by molar-refractivity contribution is 7.80. The van der Waals surface area contributed by atoms with Gasteiger partial charge in [0.05, 0.1) is 0 Å². The Kier molecular flexibility index (Phi) is 9.44. The minimum atomic E-state index is 0.728. The molecule has 0 saturated heterocycles. The summed E-state index contributed by atoms with van der Waals surface area (Å²) in [6.07, 6.45) is 7.36. The van der Waals surface area contributed by atoms with E-state index in [1.807, 2.05) is 24.3 Å². The third kappa shape index (κ3) is 7.68. The van der Waals surface area contributed by atoms with Gasteiger partial charge < -0.3 is 10.2 Å². The van der Waals surface area contributed by atoms with Crippen LogP contribution in [-0.2, 0) is 0 Å². The Bertz CT molecular complexity index is 413. The lowest BCUT2D eigenvalue weighted by Gasteiger charge is -2.26. The first-order valence-electron chi connectivity index (χ1n) is 7.98. The summed E-state index contributed by atoms with van der Waals surface area (Å²) >= 11 is 11.6. The fraction of sp³-hybridized carbons (Fsp3) is 0.588. The maximum Gasteiger partial charge on any atom is 0.173 e. The number of hydrogen-bond acceptors (Lipinski definition) is 1. The van der Waals surface area contributed by atoms with E-state index in [0.717, 1.165) is 28.9 Å². The average Bonchev–Trinajstić information content (AvgIpc) is 2.46. The van der Waals surface area contributed by atoms with Crippen LogP contribution >= 0.6 is 23.8 Å². The van der Waals surface area contributed by atoms with E-state index < -0.39 is 0 Å². The van der Waals surface area contributed by atoms with Crippen molar-refractivity contribution in [2.45, 2.75) is 52.4 Å². The zero-order valence-electron chi connectivity index (χ0n) is 13.2. The molecule has 0 aliphatic rings. The summed E-state index contributed by atoms with van der Waals surface area (Å²) in [5, 5.41) is 4.85. The number of nitrogens with zero attached hydrogens (tertiary/aromatic N) is 1. The van der Waals surface area contributed by atoms with Crippen molar-refractivity contribution in [2.75, 3.05) is 18.4 Å². The van der Waals surface area contributed by atoms with Gasteiger partial charge in [-0.25, -0.2) is 0 Å². The normalized spacial score (nSPS) is 10.4. The summed E-state index contributed by atoms with van der Waals surface area (Å²) in [5.41, 5.74) is 0.962. The van der Waals surface area contributed by atoms with Crippen LogP contribution in [0.25, 0.3) is 0 Å². The number of benzene rings is 1. The lowest BCUT2D eigenvalue weighted by molar-refractivity contribution is 0.395. The van der Waals surface area contributed by atoms with Crippen LogP contribution < -0.4 is 5.32 Å². The molecule has 0 heterocycles. The van der Waals surface area contributed by atoms with Crippen LogP contribution in [0.4, 0.5) is 5.69 Å².